The van der Waals surface area contributed by atoms with E-state index in [1.807, 2.05) is 23.1 Å². The minimum absolute atomic E-state index is 0.00381. The number of rotatable bonds is 9. The van der Waals surface area contributed by atoms with E-state index in [0.29, 0.717) is 48.1 Å². The zero-order valence-electron chi connectivity index (χ0n) is 37.4. The number of amides is 2. The van der Waals surface area contributed by atoms with E-state index in [0.717, 1.165) is 69.6 Å². The maximum Gasteiger partial charge on any atom is 0.329 e. The molecule has 4 aliphatic heterocycles. The standard InChI is InChI=1S/C50H51F2N9O6/c1-4-32-35(51)8-6-29-20-31(62)22-33(40(29)32)42-41(52)43-34(23-53-42)44(59-17-5-12-48(2,66)24-59)56-46(55-43)67-28-50(13-14-50)25-58-18-15-49(16-19-58)26-60(27-49)30-7-9-36-38(21-30)57(3)47(65)61(36)37-10-11-39(63)54-45(37)64/h1,6-9,20-23,37,62,66H,5,10-19,24-28H2,2-3H3,(H,54,63,64)/t37?,48-/m1/s1. The summed E-state index contributed by atoms with van der Waals surface area (Å²) in [6.45, 7) is 7.49. The number of β-amino-alcohol motifs (C(OH)–C–C–N with tert-alkyl or cyclic N) is 1. The van der Waals surface area contributed by atoms with Crippen molar-refractivity contribution < 1.29 is 33.3 Å². The van der Waals surface area contributed by atoms with Gasteiger partial charge < -0.3 is 29.6 Å². The first-order valence-corrected chi connectivity index (χ1v) is 23.0. The fourth-order valence-corrected chi connectivity index (χ4v) is 11.1. The van der Waals surface area contributed by atoms with Crippen LogP contribution in [0.2, 0.25) is 0 Å². The number of hydrogen-bond donors (Lipinski definition) is 3. The van der Waals surface area contributed by atoms with Gasteiger partial charge in [-0.15, -0.1) is 6.42 Å². The Kier molecular flexibility index (Phi) is 10.1. The van der Waals surface area contributed by atoms with Gasteiger partial charge in [0.05, 0.1) is 34.2 Å². The van der Waals surface area contributed by atoms with Crippen LogP contribution in [0, 0.1) is 34.8 Å². The number of carbonyl (C=O) groups is 2. The zero-order valence-corrected chi connectivity index (χ0v) is 37.4. The van der Waals surface area contributed by atoms with Gasteiger partial charge in [-0.3, -0.25) is 29.0 Å². The van der Waals surface area contributed by atoms with Gasteiger partial charge in [0, 0.05) is 79.9 Å². The summed E-state index contributed by atoms with van der Waals surface area (Å²) in [7, 11) is 1.71. The van der Waals surface area contributed by atoms with Crippen LogP contribution in [0.15, 0.2) is 53.5 Å². The van der Waals surface area contributed by atoms with Crippen LogP contribution >= 0.6 is 0 Å². The average molecular weight is 912 g/mol. The maximum absolute atomic E-state index is 17.1. The van der Waals surface area contributed by atoms with Crippen molar-refractivity contribution in [1.29, 1.82) is 0 Å². The molecular weight excluding hydrogens is 861 g/mol. The van der Waals surface area contributed by atoms with E-state index < -0.39 is 29.2 Å². The molecule has 1 unspecified atom stereocenters. The molecular formula is C50H51F2N9O6. The lowest BCUT2D eigenvalue weighted by Gasteiger charge is -2.55. The van der Waals surface area contributed by atoms with E-state index in [2.05, 4.69) is 31.0 Å². The number of aliphatic hydroxyl groups is 1. The van der Waals surface area contributed by atoms with E-state index in [9.17, 15) is 24.6 Å². The van der Waals surface area contributed by atoms with Crippen LogP contribution in [0.5, 0.6) is 11.8 Å². The number of carbonyl (C=O) groups excluding carboxylic acids is 2. The Balaban J connectivity index is 0.793. The Morgan fingerprint density at radius 2 is 1.75 bits per heavy atom. The van der Waals surface area contributed by atoms with Crippen molar-refractivity contribution in [2.45, 2.75) is 69.9 Å². The summed E-state index contributed by atoms with van der Waals surface area (Å²) >= 11 is 0. The van der Waals surface area contributed by atoms with Crippen molar-refractivity contribution in [3.63, 3.8) is 0 Å². The Hall–Kier alpha value is -6.64. The quantitative estimate of drug-likeness (QED) is 0.122. The van der Waals surface area contributed by atoms with E-state index >= 15 is 8.78 Å². The van der Waals surface area contributed by atoms with Gasteiger partial charge in [-0.25, -0.2) is 13.6 Å². The summed E-state index contributed by atoms with van der Waals surface area (Å²) in [4.78, 5) is 58.5. The number of nitrogens with one attached hydrogen (secondary N) is 1. The number of fused-ring (bicyclic) bond motifs is 3. The first-order chi connectivity index (χ1) is 32.1. The first-order valence-electron chi connectivity index (χ1n) is 23.0. The number of likely N-dealkylation sites (tertiary alicyclic amines) is 1. The van der Waals surface area contributed by atoms with Gasteiger partial charge in [0.2, 0.25) is 11.8 Å². The molecule has 1 saturated carbocycles. The Morgan fingerprint density at radius 3 is 2.48 bits per heavy atom. The van der Waals surface area contributed by atoms with E-state index in [-0.39, 0.29) is 81.3 Å². The minimum Gasteiger partial charge on any atom is -0.508 e. The minimum atomic E-state index is -0.995. The molecule has 67 heavy (non-hydrogen) atoms. The number of ether oxygens (including phenoxy) is 1. The number of piperidine rings is 3. The summed E-state index contributed by atoms with van der Waals surface area (Å²) < 4.78 is 41.6. The molecule has 3 aromatic heterocycles. The fourth-order valence-electron chi connectivity index (χ4n) is 11.1. The number of phenolic OH excluding ortho intramolecular Hbond substituents is 1. The summed E-state index contributed by atoms with van der Waals surface area (Å²) in [5, 5.41) is 25.1. The smallest absolute Gasteiger partial charge is 0.329 e. The maximum atomic E-state index is 17.1. The molecule has 346 valence electrons. The molecule has 1 aliphatic carbocycles. The van der Waals surface area contributed by atoms with Gasteiger partial charge in [0.25, 0.3) is 0 Å². The fraction of sp³-hybridized carbons (Fsp3) is 0.440. The number of aromatic hydroxyl groups is 1. The van der Waals surface area contributed by atoms with Crippen molar-refractivity contribution in [3.8, 4) is 35.4 Å². The third-order valence-electron chi connectivity index (χ3n) is 15.0. The SMILES string of the molecule is C#Cc1c(F)ccc2cc(O)cc(-c3ncc4c(N5CCC[C@@](C)(O)C5)nc(OCC5(CN6CCC7(CC6)CN(c6ccc8c(c6)n(C)c(=O)n8C6CCC(=O)NC6=O)C7)CC5)nc4c3F)c12. The lowest BCUT2D eigenvalue weighted by atomic mass is 9.71. The number of aromatic nitrogens is 5. The van der Waals surface area contributed by atoms with Crippen molar-refractivity contribution >= 4 is 56.0 Å². The number of pyridine rings is 1. The van der Waals surface area contributed by atoms with Crippen LogP contribution in [-0.4, -0.2) is 109 Å². The van der Waals surface area contributed by atoms with Gasteiger partial charge in [-0.1, -0.05) is 12.0 Å². The molecule has 3 aromatic carbocycles. The van der Waals surface area contributed by atoms with Crippen LogP contribution < -0.4 is 25.5 Å². The predicted molar refractivity (Wildman–Crippen MR) is 248 cm³/mol. The highest BCUT2D eigenvalue weighted by atomic mass is 19.1. The molecule has 6 aromatic rings. The summed E-state index contributed by atoms with van der Waals surface area (Å²) in [6.07, 6.45) is 13.0. The Bertz CT molecular complexity index is 3160. The molecule has 1 spiro atoms. The van der Waals surface area contributed by atoms with Crippen molar-refractivity contribution in [1.82, 2.24) is 34.3 Å². The molecule has 15 nitrogen and oxygen atoms in total. The largest absolute Gasteiger partial charge is 0.508 e. The lowest BCUT2D eigenvalue weighted by molar-refractivity contribution is -0.135. The highest BCUT2D eigenvalue weighted by Gasteiger charge is 2.49. The molecule has 0 radical (unpaired) electrons. The average Bonchev–Trinajstić information content (AvgIpc) is 4.02. The van der Waals surface area contributed by atoms with Crippen molar-refractivity contribution in [3.05, 3.63) is 76.3 Å². The second-order valence-electron chi connectivity index (χ2n) is 20.0. The van der Waals surface area contributed by atoms with Gasteiger partial charge in [0.15, 0.2) is 5.82 Å². The molecule has 0 bridgehead atoms. The number of imidazole rings is 1. The molecule has 5 fully saturated rings. The van der Waals surface area contributed by atoms with Crippen LogP contribution in [0.25, 0.3) is 44.0 Å². The van der Waals surface area contributed by atoms with E-state index in [1.165, 1.54) is 35.0 Å². The molecule has 2 amide bonds. The normalized spacial score (nSPS) is 22.6. The number of halogens is 2. The highest BCUT2D eigenvalue weighted by molar-refractivity contribution is 6.03. The second kappa shape index (κ2) is 15.7. The number of hydrogen-bond acceptors (Lipinski definition) is 12. The molecule has 11 rings (SSSR count). The summed E-state index contributed by atoms with van der Waals surface area (Å²) in [5.41, 5.74) is 1.08. The second-order valence-corrected chi connectivity index (χ2v) is 20.0. The lowest BCUT2D eigenvalue weighted by Crippen LogP contribution is -2.60. The van der Waals surface area contributed by atoms with E-state index in [1.54, 1.807) is 18.5 Å². The molecule has 5 aliphatic rings. The number of terminal acetylenes is 1. The topological polar surface area (TPSA) is 171 Å². The number of imide groups is 1. The van der Waals surface area contributed by atoms with Gasteiger partial charge in [-0.05, 0) is 107 Å². The van der Waals surface area contributed by atoms with Crippen LogP contribution in [0.1, 0.15) is 69.9 Å². The molecule has 17 heteroatoms. The summed E-state index contributed by atoms with van der Waals surface area (Å²) in [5.74, 6) is 0.381. The number of phenols is 1. The Labute approximate surface area is 384 Å². The number of benzene rings is 3. The molecule has 2 atom stereocenters. The van der Waals surface area contributed by atoms with Gasteiger partial charge in [0.1, 0.15) is 34.6 Å². The first kappa shape index (κ1) is 43.0. The number of nitrogens with zero attached hydrogens (tertiary/aromatic N) is 8. The predicted octanol–water partition coefficient (Wildman–Crippen LogP) is 5.55. The van der Waals surface area contributed by atoms with Crippen molar-refractivity contribution in [2.75, 3.05) is 62.2 Å². The van der Waals surface area contributed by atoms with Gasteiger partial charge >= 0.3 is 11.7 Å². The van der Waals surface area contributed by atoms with Gasteiger partial charge in [-0.2, -0.15) is 9.97 Å². The molecule has 7 heterocycles. The number of anilines is 2. The Morgan fingerprint density at radius 1 is 0.955 bits per heavy atom. The third kappa shape index (κ3) is 7.50. The summed E-state index contributed by atoms with van der Waals surface area (Å²) in [6, 6.07) is 10.7. The monoisotopic (exact) mass is 911 g/mol. The van der Waals surface area contributed by atoms with Crippen LogP contribution in [0.4, 0.5) is 20.3 Å². The third-order valence-corrected chi connectivity index (χ3v) is 15.0. The van der Waals surface area contributed by atoms with Crippen LogP contribution in [0.3, 0.4) is 0 Å². The zero-order chi connectivity index (χ0) is 46.6. The van der Waals surface area contributed by atoms with Crippen molar-refractivity contribution in [2.24, 2.45) is 17.9 Å². The number of aryl methyl sites for hydroxylation is 1. The molecule has 4 saturated heterocycles. The molecule has 3 N–H and O–H groups in total. The van der Waals surface area contributed by atoms with E-state index in [4.69, 9.17) is 16.1 Å². The highest BCUT2D eigenvalue weighted by Crippen LogP contribution is 2.49. The van der Waals surface area contributed by atoms with Crippen LogP contribution in [-0.2, 0) is 16.6 Å².